The maximum absolute atomic E-state index is 13.1. The Hall–Kier alpha value is -3.67. The van der Waals surface area contributed by atoms with Gasteiger partial charge in [0.2, 0.25) is 0 Å². The minimum atomic E-state index is -0.0237. The lowest BCUT2D eigenvalue weighted by Crippen LogP contribution is -2.31. The van der Waals surface area contributed by atoms with Gasteiger partial charge in [-0.1, -0.05) is 33.9 Å². The van der Waals surface area contributed by atoms with E-state index in [0.29, 0.717) is 27.8 Å². The van der Waals surface area contributed by atoms with Crippen LogP contribution >= 0.6 is 0 Å². The van der Waals surface area contributed by atoms with Gasteiger partial charge in [-0.3, -0.25) is 0 Å². The summed E-state index contributed by atoms with van der Waals surface area (Å²) in [6.07, 6.45) is 3.84. The summed E-state index contributed by atoms with van der Waals surface area (Å²) in [5.74, 6) is 0.528. The van der Waals surface area contributed by atoms with E-state index in [-0.39, 0.29) is 5.75 Å². The first-order chi connectivity index (χ1) is 13.1. The average molecular weight is 355 g/mol. The molecule has 0 aliphatic carbocycles. The molecule has 0 aliphatic rings. The third-order valence-corrected chi connectivity index (χ3v) is 4.82. The fraction of sp³-hybridized carbons (Fsp3) is 0.0952. The summed E-state index contributed by atoms with van der Waals surface area (Å²) < 4.78 is 1.86. The number of fused-ring (bicyclic) bond motifs is 4. The fourth-order valence-corrected chi connectivity index (χ4v) is 3.39. The number of imidazole rings is 1. The Morgan fingerprint density at radius 3 is 2.48 bits per heavy atom. The zero-order chi connectivity index (χ0) is 18.5. The molecule has 0 amide bonds. The molecule has 6 heteroatoms. The number of para-hydroxylation sites is 1. The molecule has 0 fully saturated rings. The Kier molecular flexibility index (Phi) is 3.27. The highest BCUT2D eigenvalue weighted by Crippen LogP contribution is 2.33. The van der Waals surface area contributed by atoms with Crippen molar-refractivity contribution in [3.63, 3.8) is 0 Å². The standard InChI is InChI=1S/C21H17N5O/c1-25(2)13-9-11-26(12-10-13)21-23-17-8-7-16-18(19(17)24-21)20(27)14-5-3-4-6-15(14)22-16/h3-12H,1-2H3,(H-,22,23,24,27). The summed E-state index contributed by atoms with van der Waals surface area (Å²) in [6.45, 7) is 0. The first-order valence-electron chi connectivity index (χ1n) is 8.69. The van der Waals surface area contributed by atoms with Gasteiger partial charge in [-0.15, -0.1) is 0 Å². The summed E-state index contributed by atoms with van der Waals surface area (Å²) in [7, 11) is 3.99. The van der Waals surface area contributed by atoms with Crippen LogP contribution in [-0.2, 0) is 0 Å². The van der Waals surface area contributed by atoms with Crippen molar-refractivity contribution in [3.8, 4) is 11.7 Å². The zero-order valence-electron chi connectivity index (χ0n) is 15.0. The van der Waals surface area contributed by atoms with Gasteiger partial charge in [0.05, 0.1) is 12.4 Å². The highest BCUT2D eigenvalue weighted by Gasteiger charge is 2.20. The van der Waals surface area contributed by atoms with Gasteiger partial charge < -0.3 is 15.0 Å². The van der Waals surface area contributed by atoms with Crippen molar-refractivity contribution in [1.29, 1.82) is 0 Å². The second kappa shape index (κ2) is 5.67. The molecule has 132 valence electrons. The molecule has 3 heterocycles. The molecule has 0 aliphatic heterocycles. The van der Waals surface area contributed by atoms with E-state index in [0.717, 1.165) is 16.7 Å². The topological polar surface area (TPSA) is 71.8 Å². The number of aromatic amines is 1. The van der Waals surface area contributed by atoms with Crippen LogP contribution in [0.1, 0.15) is 0 Å². The van der Waals surface area contributed by atoms with Crippen LogP contribution in [0, 0.1) is 0 Å². The Morgan fingerprint density at radius 1 is 0.926 bits per heavy atom. The summed E-state index contributed by atoms with van der Waals surface area (Å²) in [5, 5.41) is 14.3. The summed E-state index contributed by atoms with van der Waals surface area (Å²) in [5.41, 5.74) is 4.02. The number of nitrogens with zero attached hydrogens (tertiary/aromatic N) is 4. The number of anilines is 1. The molecule has 0 saturated carbocycles. The SMILES string of the molecule is CN(C)c1cc[n+](-c2nc3ccc4[nH]c5ccccc5c([O-])c4c3n2)cc1. The predicted octanol–water partition coefficient (Wildman–Crippen LogP) is 2.68. The van der Waals surface area contributed by atoms with Crippen LogP contribution in [0.25, 0.3) is 38.8 Å². The fourth-order valence-electron chi connectivity index (χ4n) is 3.39. The van der Waals surface area contributed by atoms with Crippen molar-refractivity contribution in [2.24, 2.45) is 0 Å². The third-order valence-electron chi connectivity index (χ3n) is 4.82. The number of H-pyrrole nitrogens is 1. The van der Waals surface area contributed by atoms with Gasteiger partial charge in [-0.05, 0) is 35.7 Å². The maximum atomic E-state index is 13.1. The van der Waals surface area contributed by atoms with E-state index in [1.165, 1.54) is 0 Å². The number of hydrogen-bond acceptors (Lipinski definition) is 4. The number of benzene rings is 2. The molecule has 0 spiro atoms. The van der Waals surface area contributed by atoms with Crippen molar-refractivity contribution in [1.82, 2.24) is 15.0 Å². The molecular weight excluding hydrogens is 338 g/mol. The normalized spacial score (nSPS) is 11.5. The van der Waals surface area contributed by atoms with Crippen molar-refractivity contribution < 1.29 is 9.67 Å². The van der Waals surface area contributed by atoms with Gasteiger partial charge in [0, 0.05) is 36.2 Å². The minimum absolute atomic E-state index is 0.0237. The number of rotatable bonds is 2. The van der Waals surface area contributed by atoms with Crippen LogP contribution in [0.15, 0.2) is 60.9 Å². The molecule has 0 radical (unpaired) electrons. The Labute approximate surface area is 155 Å². The smallest absolute Gasteiger partial charge is 0.438 e. The molecule has 0 saturated heterocycles. The number of pyridine rings is 2. The van der Waals surface area contributed by atoms with E-state index in [1.54, 1.807) is 0 Å². The second-order valence-corrected chi connectivity index (χ2v) is 6.74. The Balaban J connectivity index is 1.75. The quantitative estimate of drug-likeness (QED) is 0.390. The number of nitrogens with one attached hydrogen (secondary N) is 1. The molecule has 5 aromatic rings. The first kappa shape index (κ1) is 15.6. The lowest BCUT2D eigenvalue weighted by Gasteiger charge is -2.14. The molecule has 0 unspecified atom stereocenters. The van der Waals surface area contributed by atoms with Crippen molar-refractivity contribution >= 4 is 38.5 Å². The van der Waals surface area contributed by atoms with E-state index in [4.69, 9.17) is 0 Å². The predicted molar refractivity (Wildman–Crippen MR) is 104 cm³/mol. The van der Waals surface area contributed by atoms with E-state index < -0.39 is 0 Å². The summed E-state index contributed by atoms with van der Waals surface area (Å²) in [4.78, 5) is 14.6. The largest absolute Gasteiger partial charge is 0.871 e. The van der Waals surface area contributed by atoms with E-state index in [9.17, 15) is 5.11 Å². The van der Waals surface area contributed by atoms with Crippen LogP contribution < -0.4 is 14.6 Å². The molecule has 3 aromatic heterocycles. The monoisotopic (exact) mass is 355 g/mol. The molecule has 0 atom stereocenters. The van der Waals surface area contributed by atoms with Crippen molar-refractivity contribution in [2.75, 3.05) is 19.0 Å². The molecular formula is C21H17N5O. The minimum Gasteiger partial charge on any atom is -0.871 e. The van der Waals surface area contributed by atoms with E-state index in [1.807, 2.05) is 84.5 Å². The van der Waals surface area contributed by atoms with Gasteiger partial charge in [0.25, 0.3) is 0 Å². The molecule has 5 rings (SSSR count). The van der Waals surface area contributed by atoms with Crippen molar-refractivity contribution in [2.45, 2.75) is 0 Å². The molecule has 6 nitrogen and oxygen atoms in total. The van der Waals surface area contributed by atoms with Gasteiger partial charge >= 0.3 is 5.95 Å². The van der Waals surface area contributed by atoms with E-state index in [2.05, 4.69) is 15.0 Å². The molecule has 0 bridgehead atoms. The van der Waals surface area contributed by atoms with Gasteiger partial charge in [-0.25, -0.2) is 4.57 Å². The first-order valence-corrected chi connectivity index (χ1v) is 8.69. The van der Waals surface area contributed by atoms with Crippen LogP contribution in [0.2, 0.25) is 0 Å². The van der Waals surface area contributed by atoms with Gasteiger partial charge in [0.15, 0.2) is 11.0 Å². The van der Waals surface area contributed by atoms with E-state index >= 15 is 0 Å². The summed E-state index contributed by atoms with van der Waals surface area (Å²) in [6, 6.07) is 15.3. The molecule has 2 aromatic carbocycles. The number of hydrogen-bond donors (Lipinski definition) is 1. The molecule has 27 heavy (non-hydrogen) atoms. The number of aromatic nitrogens is 4. The van der Waals surface area contributed by atoms with Gasteiger partial charge in [-0.2, -0.15) is 0 Å². The van der Waals surface area contributed by atoms with Crippen molar-refractivity contribution in [3.05, 3.63) is 60.9 Å². The lowest BCUT2D eigenvalue weighted by molar-refractivity contribution is -0.602. The van der Waals surface area contributed by atoms with Crippen LogP contribution in [0.4, 0.5) is 5.69 Å². The Morgan fingerprint density at radius 2 is 1.70 bits per heavy atom. The van der Waals surface area contributed by atoms with Gasteiger partial charge in [0.1, 0.15) is 0 Å². The highest BCUT2D eigenvalue weighted by atomic mass is 16.3. The second-order valence-electron chi connectivity index (χ2n) is 6.74. The van der Waals surface area contributed by atoms with Crippen LogP contribution in [-0.4, -0.2) is 29.0 Å². The lowest BCUT2D eigenvalue weighted by atomic mass is 10.1. The zero-order valence-corrected chi connectivity index (χ0v) is 15.0. The van der Waals surface area contributed by atoms with Crippen LogP contribution in [0.5, 0.6) is 5.75 Å². The van der Waals surface area contributed by atoms with Crippen LogP contribution in [0.3, 0.4) is 0 Å². The Bertz CT molecular complexity index is 1310. The highest BCUT2D eigenvalue weighted by molar-refractivity contribution is 6.11. The summed E-state index contributed by atoms with van der Waals surface area (Å²) >= 11 is 0. The third kappa shape index (κ3) is 2.38. The maximum Gasteiger partial charge on any atom is 0.438 e. The average Bonchev–Trinajstić information content (AvgIpc) is 3.12. The molecule has 1 N–H and O–H groups in total.